The summed E-state index contributed by atoms with van der Waals surface area (Å²) in [6.45, 7) is 4.84. The molecule has 0 fully saturated rings. The molecular formula is C94H181NO8. The van der Waals surface area contributed by atoms with Crippen LogP contribution in [-0.4, -0.2) is 82.3 Å². The molecule has 0 aromatic rings. The van der Waals surface area contributed by atoms with Gasteiger partial charge in [-0.25, -0.2) is 0 Å². The summed E-state index contributed by atoms with van der Waals surface area (Å²) in [6.07, 6.45) is 108. The van der Waals surface area contributed by atoms with Crippen LogP contribution < -0.4 is 5.11 Å². The smallest absolute Gasteiger partial charge is 0.306 e. The van der Waals surface area contributed by atoms with Crippen molar-refractivity contribution in [1.82, 2.24) is 0 Å². The summed E-state index contributed by atoms with van der Waals surface area (Å²) in [4.78, 5) is 37.7. The van der Waals surface area contributed by atoms with Gasteiger partial charge in [-0.1, -0.05) is 468 Å². The van der Waals surface area contributed by atoms with Crippen LogP contribution in [0.2, 0.25) is 0 Å². The van der Waals surface area contributed by atoms with Gasteiger partial charge < -0.3 is 33.3 Å². The lowest BCUT2D eigenvalue weighted by molar-refractivity contribution is -0.870. The molecule has 610 valence electrons. The molecule has 0 N–H and O–H groups in total. The number of unbranched alkanes of at least 4 members (excludes halogenated alkanes) is 70. The molecule has 9 nitrogen and oxygen atoms in total. The molecule has 0 aliphatic rings. The van der Waals surface area contributed by atoms with Crippen molar-refractivity contribution in [1.29, 1.82) is 0 Å². The minimum Gasteiger partial charge on any atom is -0.545 e. The van der Waals surface area contributed by atoms with E-state index < -0.39 is 24.3 Å². The molecule has 0 spiro atoms. The Morgan fingerprint density at radius 1 is 0.291 bits per heavy atom. The second-order valence-electron chi connectivity index (χ2n) is 33.3. The molecule has 0 aliphatic heterocycles. The number of ether oxygens (including phenoxy) is 4. The Labute approximate surface area is 643 Å². The van der Waals surface area contributed by atoms with Gasteiger partial charge in [0.15, 0.2) is 12.4 Å². The third-order valence-electron chi connectivity index (χ3n) is 21.7. The van der Waals surface area contributed by atoms with Crippen LogP contribution >= 0.6 is 0 Å². The van der Waals surface area contributed by atoms with E-state index in [0.717, 1.165) is 44.9 Å². The first-order chi connectivity index (χ1) is 50.6. The molecule has 2 unspecified atom stereocenters. The molecule has 2 atom stereocenters. The largest absolute Gasteiger partial charge is 0.545 e. The van der Waals surface area contributed by atoms with Crippen LogP contribution in [-0.2, 0) is 33.3 Å². The van der Waals surface area contributed by atoms with Gasteiger partial charge in [-0.3, -0.25) is 9.59 Å². The Morgan fingerprint density at radius 3 is 0.767 bits per heavy atom. The molecule has 0 radical (unpaired) electrons. The fraction of sp³-hybridized carbons (Fsp3) is 0.926. The van der Waals surface area contributed by atoms with Crippen LogP contribution in [0.1, 0.15) is 502 Å². The molecule has 0 amide bonds. The molecular weight excluding hydrogens is 1270 g/mol. The average molecular weight is 1450 g/mol. The number of carboxylic acids is 1. The predicted octanol–water partition coefficient (Wildman–Crippen LogP) is 29.1. The SMILES string of the molecule is CCCCCCC/C=C\C/C=C\CCCCCCCCCCCCCCCCCCCCCCCCCCCC(=O)OC(COC(=O)CCCCCCCCCCCCCCCCCCCCCCCCCCCCCCCCCCCCCCCCCCC)COC(OCC[N+](C)(C)C)C(=O)[O-]. The van der Waals surface area contributed by atoms with E-state index in [1.165, 1.54) is 430 Å². The number of aliphatic carboxylic acids is 1. The molecule has 0 aromatic heterocycles. The van der Waals surface area contributed by atoms with Crippen molar-refractivity contribution >= 4 is 17.9 Å². The molecule has 0 saturated heterocycles. The fourth-order valence-corrected chi connectivity index (χ4v) is 14.6. The van der Waals surface area contributed by atoms with Gasteiger partial charge in [-0.15, -0.1) is 0 Å². The number of nitrogens with zero attached hydrogens (tertiary/aromatic N) is 1. The number of carbonyl (C=O) groups is 3. The maximum absolute atomic E-state index is 13.0. The minimum atomic E-state index is -1.62. The van der Waals surface area contributed by atoms with Crippen molar-refractivity contribution < 1.29 is 42.9 Å². The lowest BCUT2D eigenvalue weighted by Gasteiger charge is -2.26. The van der Waals surface area contributed by atoms with Crippen molar-refractivity contribution in [3.63, 3.8) is 0 Å². The molecule has 9 heteroatoms. The van der Waals surface area contributed by atoms with Crippen LogP contribution in [0, 0.1) is 0 Å². The summed E-state index contributed by atoms with van der Waals surface area (Å²) >= 11 is 0. The van der Waals surface area contributed by atoms with E-state index in [1.54, 1.807) is 0 Å². The van der Waals surface area contributed by atoms with E-state index in [1.807, 2.05) is 21.1 Å². The molecule has 0 aliphatic carbocycles. The second-order valence-corrected chi connectivity index (χ2v) is 33.3. The van der Waals surface area contributed by atoms with Crippen molar-refractivity contribution in [3.05, 3.63) is 24.3 Å². The average Bonchev–Trinajstić information content (AvgIpc) is 1.16. The van der Waals surface area contributed by atoms with Crippen LogP contribution in [0.25, 0.3) is 0 Å². The number of carboxylic acid groups (broad SMARTS) is 1. The van der Waals surface area contributed by atoms with Crippen LogP contribution in [0.5, 0.6) is 0 Å². The van der Waals surface area contributed by atoms with Gasteiger partial charge in [0.1, 0.15) is 13.2 Å². The summed E-state index contributed by atoms with van der Waals surface area (Å²) < 4.78 is 22.9. The van der Waals surface area contributed by atoms with Crippen molar-refractivity contribution in [2.24, 2.45) is 0 Å². The Balaban J connectivity index is 3.86. The number of carbonyl (C=O) groups excluding carboxylic acids is 3. The predicted molar refractivity (Wildman–Crippen MR) is 445 cm³/mol. The molecule has 0 saturated carbocycles. The highest BCUT2D eigenvalue weighted by molar-refractivity contribution is 5.70. The Bertz CT molecular complexity index is 1740. The zero-order valence-corrected chi connectivity index (χ0v) is 70.2. The number of quaternary nitrogens is 1. The van der Waals surface area contributed by atoms with E-state index in [0.29, 0.717) is 17.4 Å². The monoisotopic (exact) mass is 1450 g/mol. The Morgan fingerprint density at radius 2 is 0.524 bits per heavy atom. The van der Waals surface area contributed by atoms with Gasteiger partial charge in [0, 0.05) is 12.8 Å². The summed E-state index contributed by atoms with van der Waals surface area (Å²) in [7, 11) is 5.96. The molecule has 0 bridgehead atoms. The summed E-state index contributed by atoms with van der Waals surface area (Å²) in [5, 5.41) is 11.9. The number of rotatable bonds is 89. The van der Waals surface area contributed by atoms with Gasteiger partial charge in [-0.2, -0.15) is 0 Å². The van der Waals surface area contributed by atoms with Crippen LogP contribution in [0.15, 0.2) is 24.3 Å². The second kappa shape index (κ2) is 85.4. The third kappa shape index (κ3) is 86.9. The van der Waals surface area contributed by atoms with Crippen molar-refractivity contribution in [2.45, 2.75) is 514 Å². The van der Waals surface area contributed by atoms with E-state index in [9.17, 15) is 19.5 Å². The molecule has 103 heavy (non-hydrogen) atoms. The highest BCUT2D eigenvalue weighted by Gasteiger charge is 2.22. The number of likely N-dealkylation sites (N-methyl/N-ethyl adjacent to an activating group) is 1. The highest BCUT2D eigenvalue weighted by atomic mass is 16.7. The maximum Gasteiger partial charge on any atom is 0.306 e. The maximum atomic E-state index is 13.0. The van der Waals surface area contributed by atoms with Gasteiger partial charge in [0.05, 0.1) is 40.3 Å². The van der Waals surface area contributed by atoms with Gasteiger partial charge in [-0.05, 0) is 44.9 Å². The van der Waals surface area contributed by atoms with E-state index >= 15 is 0 Å². The summed E-state index contributed by atoms with van der Waals surface area (Å²) in [6, 6.07) is 0. The number of esters is 2. The van der Waals surface area contributed by atoms with E-state index in [-0.39, 0.29) is 32.2 Å². The number of hydrogen-bond acceptors (Lipinski definition) is 8. The fourth-order valence-electron chi connectivity index (χ4n) is 14.6. The standard InChI is InChI=1S/C94H181NO8/c1-6-8-10-12-14-16-18-20-22-24-26-28-30-32-34-36-38-40-42-44-45-46-47-49-50-52-54-56-58-60-62-64-66-68-70-72-74-76-78-80-82-84-91(96)101-88-90(89-102-94(93(98)99)100-87-86-95(3,4)5)103-92(97)85-83-81-79-77-75-73-71-69-67-65-63-61-59-57-55-53-51-48-43-41-39-37-35-33-31-29-27-25-23-21-19-17-15-13-11-9-7-2/h19,21,25,27,90,94H,6-18,20,22-24,26,28-89H2,1-5H3/b21-19-,27-25-. The lowest BCUT2D eigenvalue weighted by Crippen LogP contribution is -2.44. The van der Waals surface area contributed by atoms with Crippen LogP contribution in [0.4, 0.5) is 0 Å². The third-order valence-corrected chi connectivity index (χ3v) is 21.7. The molecule has 0 heterocycles. The first kappa shape index (κ1) is 101. The van der Waals surface area contributed by atoms with E-state index in [4.69, 9.17) is 18.9 Å². The van der Waals surface area contributed by atoms with Gasteiger partial charge in [0.25, 0.3) is 0 Å². The number of hydrogen-bond donors (Lipinski definition) is 0. The van der Waals surface area contributed by atoms with Gasteiger partial charge >= 0.3 is 11.9 Å². The minimum absolute atomic E-state index is 0.153. The summed E-state index contributed by atoms with van der Waals surface area (Å²) in [5.41, 5.74) is 0. The van der Waals surface area contributed by atoms with Crippen molar-refractivity contribution in [3.8, 4) is 0 Å². The first-order valence-electron chi connectivity index (χ1n) is 46.5. The lowest BCUT2D eigenvalue weighted by atomic mass is 10.0. The zero-order chi connectivity index (χ0) is 74.6. The molecule has 0 aromatic carbocycles. The summed E-state index contributed by atoms with van der Waals surface area (Å²) in [5.74, 6) is -2.24. The molecule has 0 rings (SSSR count). The first-order valence-corrected chi connectivity index (χ1v) is 46.5. The zero-order valence-electron chi connectivity index (χ0n) is 70.2. The Kier molecular flexibility index (Phi) is 83.5. The quantitative estimate of drug-likeness (QED) is 0.0195. The van der Waals surface area contributed by atoms with Gasteiger partial charge in [0.2, 0.25) is 0 Å². The Hall–Kier alpha value is -2.23. The number of allylic oxidation sites excluding steroid dienone is 4. The van der Waals surface area contributed by atoms with Crippen LogP contribution in [0.3, 0.4) is 0 Å². The van der Waals surface area contributed by atoms with E-state index in [2.05, 4.69) is 38.2 Å². The normalized spacial score (nSPS) is 12.6. The van der Waals surface area contributed by atoms with Crippen molar-refractivity contribution in [2.75, 3.05) is 47.5 Å². The highest BCUT2D eigenvalue weighted by Crippen LogP contribution is 2.22. The topological polar surface area (TPSA) is 111 Å².